The lowest BCUT2D eigenvalue weighted by molar-refractivity contribution is -0.170. The molecule has 1 aliphatic heterocycles. The first-order valence-electron chi connectivity index (χ1n) is 5.80. The molecule has 1 saturated heterocycles. The van der Waals surface area contributed by atoms with Crippen LogP contribution in [0, 0.1) is 13.8 Å². The number of hydrogen-bond acceptors (Lipinski definition) is 3. The van der Waals surface area contributed by atoms with E-state index in [4.69, 9.17) is 9.57 Å². The number of ether oxygens (including phenoxy) is 1. The normalized spacial score (nSPS) is 15.1. The summed E-state index contributed by atoms with van der Waals surface area (Å²) in [4.78, 5) is 16.8. The molecule has 0 bridgehead atoms. The lowest BCUT2D eigenvalue weighted by Crippen LogP contribution is -2.31. The Labute approximate surface area is 101 Å². The minimum absolute atomic E-state index is 0.0303. The number of amides is 1. The van der Waals surface area contributed by atoms with E-state index in [1.54, 1.807) is 0 Å². The summed E-state index contributed by atoms with van der Waals surface area (Å²) in [6, 6.07) is 5.80. The third kappa shape index (κ3) is 2.97. The number of benzene rings is 1. The van der Waals surface area contributed by atoms with Crippen molar-refractivity contribution in [3.63, 3.8) is 0 Å². The van der Waals surface area contributed by atoms with Crippen LogP contribution in [0.4, 0.5) is 0 Å². The van der Waals surface area contributed by atoms with Gasteiger partial charge in [-0.05, 0) is 43.5 Å². The summed E-state index contributed by atoms with van der Waals surface area (Å²) in [7, 11) is 0. The molecule has 0 atom stereocenters. The van der Waals surface area contributed by atoms with Gasteiger partial charge >= 0.3 is 0 Å². The first kappa shape index (κ1) is 11.9. The summed E-state index contributed by atoms with van der Waals surface area (Å²) < 4.78 is 5.44. The molecule has 1 amide bonds. The van der Waals surface area contributed by atoms with E-state index >= 15 is 0 Å². The van der Waals surface area contributed by atoms with Crippen LogP contribution in [0.5, 0.6) is 5.75 Å². The fourth-order valence-electron chi connectivity index (χ4n) is 1.66. The molecular weight excluding hydrogens is 218 g/mol. The minimum Gasteiger partial charge on any atom is -0.484 e. The summed E-state index contributed by atoms with van der Waals surface area (Å²) in [6.45, 7) is 5.38. The van der Waals surface area contributed by atoms with Gasteiger partial charge in [0.05, 0.1) is 13.2 Å². The number of aryl methyl sites for hydroxylation is 2. The van der Waals surface area contributed by atoms with Crippen LogP contribution in [-0.4, -0.2) is 30.7 Å². The molecular formula is C13H17NO3. The maximum absolute atomic E-state index is 11.6. The Morgan fingerprint density at radius 3 is 2.88 bits per heavy atom. The van der Waals surface area contributed by atoms with E-state index in [-0.39, 0.29) is 12.5 Å². The Balaban J connectivity index is 1.88. The highest BCUT2D eigenvalue weighted by Crippen LogP contribution is 2.16. The zero-order valence-electron chi connectivity index (χ0n) is 10.2. The van der Waals surface area contributed by atoms with Crippen molar-refractivity contribution in [2.24, 2.45) is 0 Å². The highest BCUT2D eigenvalue weighted by molar-refractivity contribution is 5.76. The predicted octanol–water partition coefficient (Wildman–Crippen LogP) is 1.85. The number of rotatable bonds is 3. The van der Waals surface area contributed by atoms with Crippen LogP contribution in [0.25, 0.3) is 0 Å². The number of carbonyl (C=O) groups excluding carboxylic acids is 1. The lowest BCUT2D eigenvalue weighted by Gasteiger charge is -2.14. The van der Waals surface area contributed by atoms with Crippen LogP contribution in [0.3, 0.4) is 0 Å². The Kier molecular flexibility index (Phi) is 3.64. The van der Waals surface area contributed by atoms with Crippen molar-refractivity contribution in [3.8, 4) is 5.75 Å². The molecule has 0 N–H and O–H groups in total. The molecule has 0 saturated carbocycles. The highest BCUT2D eigenvalue weighted by atomic mass is 16.7. The Bertz CT molecular complexity index is 411. The Hall–Kier alpha value is -1.55. The van der Waals surface area contributed by atoms with E-state index in [0.717, 1.165) is 17.7 Å². The Morgan fingerprint density at radius 1 is 1.41 bits per heavy atom. The highest BCUT2D eigenvalue weighted by Gasteiger charge is 2.19. The van der Waals surface area contributed by atoms with Crippen molar-refractivity contribution in [2.75, 3.05) is 19.8 Å². The zero-order chi connectivity index (χ0) is 12.3. The van der Waals surface area contributed by atoms with Gasteiger partial charge in [0.2, 0.25) is 0 Å². The second kappa shape index (κ2) is 5.19. The number of nitrogens with zero attached hydrogens (tertiary/aromatic N) is 1. The minimum atomic E-state index is -0.124. The SMILES string of the molecule is Cc1ccc(OCC(=O)N2CCCO2)cc1C. The van der Waals surface area contributed by atoms with Crippen molar-refractivity contribution in [1.82, 2.24) is 5.06 Å². The molecule has 0 spiro atoms. The Morgan fingerprint density at radius 2 is 2.24 bits per heavy atom. The fraction of sp³-hybridized carbons (Fsp3) is 0.462. The standard InChI is InChI=1S/C13H17NO3/c1-10-4-5-12(8-11(10)2)16-9-13(15)14-6-3-7-17-14/h4-5,8H,3,6-7,9H2,1-2H3. The molecule has 0 aromatic heterocycles. The summed E-state index contributed by atoms with van der Waals surface area (Å²) in [5.41, 5.74) is 2.37. The van der Waals surface area contributed by atoms with E-state index < -0.39 is 0 Å². The number of carbonyl (C=O) groups is 1. The molecule has 1 aromatic rings. The molecule has 1 aliphatic rings. The van der Waals surface area contributed by atoms with Crippen molar-refractivity contribution in [2.45, 2.75) is 20.3 Å². The van der Waals surface area contributed by atoms with E-state index in [1.807, 2.05) is 32.0 Å². The molecule has 92 valence electrons. The molecule has 4 heteroatoms. The quantitative estimate of drug-likeness (QED) is 0.802. The molecule has 0 unspecified atom stereocenters. The van der Waals surface area contributed by atoms with E-state index in [0.29, 0.717) is 13.2 Å². The molecule has 1 heterocycles. The van der Waals surface area contributed by atoms with Crippen LogP contribution >= 0.6 is 0 Å². The number of hydroxylamine groups is 2. The first-order chi connectivity index (χ1) is 8.16. The molecule has 17 heavy (non-hydrogen) atoms. The van der Waals surface area contributed by atoms with Crippen molar-refractivity contribution in [3.05, 3.63) is 29.3 Å². The maximum atomic E-state index is 11.6. The van der Waals surface area contributed by atoms with Crippen molar-refractivity contribution in [1.29, 1.82) is 0 Å². The number of hydrogen-bond donors (Lipinski definition) is 0. The van der Waals surface area contributed by atoms with E-state index in [9.17, 15) is 4.79 Å². The summed E-state index contributed by atoms with van der Waals surface area (Å²) >= 11 is 0. The average Bonchev–Trinajstić information content (AvgIpc) is 2.84. The van der Waals surface area contributed by atoms with Gasteiger partial charge in [-0.3, -0.25) is 9.63 Å². The third-order valence-corrected chi connectivity index (χ3v) is 2.87. The first-order valence-corrected chi connectivity index (χ1v) is 5.80. The summed E-state index contributed by atoms with van der Waals surface area (Å²) in [5.74, 6) is 0.598. The molecule has 1 fully saturated rings. The van der Waals surface area contributed by atoms with Gasteiger partial charge in [-0.15, -0.1) is 0 Å². The van der Waals surface area contributed by atoms with E-state index in [2.05, 4.69) is 0 Å². The molecule has 4 nitrogen and oxygen atoms in total. The average molecular weight is 235 g/mol. The van der Waals surface area contributed by atoms with Crippen LogP contribution in [0.2, 0.25) is 0 Å². The van der Waals surface area contributed by atoms with Gasteiger partial charge in [0, 0.05) is 0 Å². The van der Waals surface area contributed by atoms with Crippen LogP contribution in [-0.2, 0) is 9.63 Å². The van der Waals surface area contributed by atoms with Gasteiger partial charge in [0.25, 0.3) is 5.91 Å². The largest absolute Gasteiger partial charge is 0.484 e. The van der Waals surface area contributed by atoms with Crippen molar-refractivity contribution < 1.29 is 14.4 Å². The van der Waals surface area contributed by atoms with Gasteiger partial charge in [-0.2, -0.15) is 0 Å². The molecule has 2 rings (SSSR count). The third-order valence-electron chi connectivity index (χ3n) is 2.87. The fourth-order valence-corrected chi connectivity index (χ4v) is 1.66. The lowest BCUT2D eigenvalue weighted by atomic mass is 10.1. The van der Waals surface area contributed by atoms with Gasteiger partial charge < -0.3 is 4.74 Å². The maximum Gasteiger partial charge on any atom is 0.283 e. The molecule has 0 radical (unpaired) electrons. The predicted molar refractivity (Wildman–Crippen MR) is 63.7 cm³/mol. The van der Waals surface area contributed by atoms with Crippen LogP contribution < -0.4 is 4.74 Å². The van der Waals surface area contributed by atoms with Crippen molar-refractivity contribution >= 4 is 5.91 Å². The van der Waals surface area contributed by atoms with Gasteiger partial charge in [0.15, 0.2) is 6.61 Å². The summed E-state index contributed by atoms with van der Waals surface area (Å²) in [6.07, 6.45) is 0.898. The smallest absolute Gasteiger partial charge is 0.283 e. The van der Waals surface area contributed by atoms with Gasteiger partial charge in [-0.25, -0.2) is 5.06 Å². The van der Waals surface area contributed by atoms with Gasteiger partial charge in [-0.1, -0.05) is 6.07 Å². The topological polar surface area (TPSA) is 38.8 Å². The van der Waals surface area contributed by atoms with Gasteiger partial charge in [0.1, 0.15) is 5.75 Å². The zero-order valence-corrected chi connectivity index (χ0v) is 10.2. The molecule has 1 aromatic carbocycles. The van der Waals surface area contributed by atoms with Crippen LogP contribution in [0.1, 0.15) is 17.5 Å². The van der Waals surface area contributed by atoms with E-state index in [1.165, 1.54) is 10.6 Å². The second-order valence-electron chi connectivity index (χ2n) is 4.22. The molecule has 0 aliphatic carbocycles. The monoisotopic (exact) mass is 235 g/mol. The summed E-state index contributed by atoms with van der Waals surface area (Å²) in [5, 5.41) is 1.38. The second-order valence-corrected chi connectivity index (χ2v) is 4.22. The van der Waals surface area contributed by atoms with Crippen LogP contribution in [0.15, 0.2) is 18.2 Å².